The maximum absolute atomic E-state index is 13.3. The summed E-state index contributed by atoms with van der Waals surface area (Å²) in [4.78, 5) is 52.4. The van der Waals surface area contributed by atoms with E-state index in [0.29, 0.717) is 30.7 Å². The van der Waals surface area contributed by atoms with Crippen LogP contribution in [0.15, 0.2) is 72.8 Å². The zero-order chi connectivity index (χ0) is 31.4. The second-order valence-corrected chi connectivity index (χ2v) is 10.7. The van der Waals surface area contributed by atoms with Gasteiger partial charge in [-0.2, -0.15) is 0 Å². The predicted molar refractivity (Wildman–Crippen MR) is 165 cm³/mol. The molecule has 0 heterocycles. The lowest BCUT2D eigenvalue weighted by molar-refractivity contribution is -0.140. The average Bonchev–Trinajstić information content (AvgIpc) is 2.98. The molecule has 3 aromatic rings. The lowest BCUT2D eigenvalue weighted by atomic mass is 10.0. The highest BCUT2D eigenvalue weighted by Gasteiger charge is 2.29. The Labute approximate surface area is 251 Å². The molecule has 3 amide bonds. The fraction of sp³-hybridized carbons (Fsp3) is 0.344. The molecule has 0 spiro atoms. The maximum Gasteiger partial charge on any atom is 0.334 e. The van der Waals surface area contributed by atoms with E-state index >= 15 is 0 Å². The Hall–Kier alpha value is -4.93. The molecule has 3 rings (SSSR count). The molecule has 0 bridgehead atoms. The molecular weight excluding hydrogens is 548 g/mol. The van der Waals surface area contributed by atoms with Gasteiger partial charge in [0.2, 0.25) is 11.8 Å². The Morgan fingerprint density at radius 3 is 2.19 bits per heavy atom. The fourth-order valence-electron chi connectivity index (χ4n) is 4.45. The van der Waals surface area contributed by atoms with Crippen molar-refractivity contribution in [2.45, 2.75) is 58.2 Å². The number of hydrogen-bond acceptors (Lipinski definition) is 6. The number of nitrogens with two attached hydrogens (primary N) is 1. The molecule has 0 aliphatic heterocycles. The minimum Gasteiger partial charge on any atom is -0.424 e. The largest absolute Gasteiger partial charge is 0.424 e. The minimum atomic E-state index is -1.04. The molecule has 0 radical (unpaired) electrons. The van der Waals surface area contributed by atoms with Gasteiger partial charge in [0.1, 0.15) is 23.9 Å². The van der Waals surface area contributed by atoms with Crippen LogP contribution in [-0.4, -0.2) is 54.3 Å². The molecule has 11 heteroatoms. The number of carbonyl (C=O) groups is 4. The molecule has 0 aliphatic rings. The van der Waals surface area contributed by atoms with Gasteiger partial charge in [-0.05, 0) is 55.7 Å². The molecule has 1 unspecified atom stereocenters. The predicted octanol–water partition coefficient (Wildman–Crippen LogP) is 2.84. The third kappa shape index (κ3) is 10.1. The molecule has 0 aromatic heterocycles. The number of amides is 3. The van der Waals surface area contributed by atoms with Crippen molar-refractivity contribution in [2.24, 2.45) is 11.7 Å². The molecule has 7 N–H and O–H groups in total. The van der Waals surface area contributed by atoms with Crippen LogP contribution in [0.4, 0.5) is 0 Å². The summed E-state index contributed by atoms with van der Waals surface area (Å²) in [5.74, 6) is -1.92. The number of rotatable bonds is 14. The molecule has 0 saturated heterocycles. The van der Waals surface area contributed by atoms with Crippen molar-refractivity contribution in [3.8, 4) is 5.75 Å². The summed E-state index contributed by atoms with van der Waals surface area (Å²) in [5.41, 5.74) is 5.77. The highest BCUT2D eigenvalue weighted by atomic mass is 16.5. The first-order chi connectivity index (χ1) is 20.5. The first kappa shape index (κ1) is 32.6. The monoisotopic (exact) mass is 588 g/mol. The van der Waals surface area contributed by atoms with E-state index in [1.54, 1.807) is 42.5 Å². The molecule has 0 aliphatic carbocycles. The van der Waals surface area contributed by atoms with Crippen LogP contribution in [0, 0.1) is 11.3 Å². The molecule has 0 fully saturated rings. The van der Waals surface area contributed by atoms with Crippen LogP contribution in [0.25, 0.3) is 10.8 Å². The van der Waals surface area contributed by atoms with Gasteiger partial charge in [0, 0.05) is 17.5 Å². The summed E-state index contributed by atoms with van der Waals surface area (Å²) in [6.07, 6.45) is 0.957. The van der Waals surface area contributed by atoms with Crippen LogP contribution in [-0.2, 0) is 14.4 Å². The van der Waals surface area contributed by atoms with Gasteiger partial charge in [0.25, 0.3) is 5.91 Å². The average molecular weight is 589 g/mol. The molecule has 11 nitrogen and oxygen atoms in total. The van der Waals surface area contributed by atoms with Gasteiger partial charge in [0.15, 0.2) is 5.96 Å². The summed E-state index contributed by atoms with van der Waals surface area (Å²) in [5, 5.41) is 19.8. The van der Waals surface area contributed by atoms with E-state index in [1.165, 1.54) is 6.92 Å². The van der Waals surface area contributed by atoms with Crippen LogP contribution >= 0.6 is 0 Å². The summed E-state index contributed by atoms with van der Waals surface area (Å²) >= 11 is 0. The number of hydrogen-bond donors (Lipinski definition) is 6. The minimum absolute atomic E-state index is 0.0905. The van der Waals surface area contributed by atoms with Crippen molar-refractivity contribution < 1.29 is 23.9 Å². The van der Waals surface area contributed by atoms with E-state index in [2.05, 4.69) is 21.3 Å². The third-order valence-electron chi connectivity index (χ3n) is 6.66. The zero-order valence-corrected chi connectivity index (χ0v) is 24.7. The Bertz CT molecular complexity index is 1420. The van der Waals surface area contributed by atoms with Gasteiger partial charge in [-0.1, -0.05) is 68.4 Å². The van der Waals surface area contributed by atoms with Crippen LogP contribution in [0.2, 0.25) is 0 Å². The van der Waals surface area contributed by atoms with E-state index in [-0.39, 0.29) is 18.3 Å². The smallest absolute Gasteiger partial charge is 0.334 e. The SMILES string of the molecule is CC(C)C[C@H](NC(=O)c1ccccc1)C(=O)NC(C)C(=O)N[C@@H](CCCNC(=N)N)C(=O)Oc1cccc2ccccc12. The zero-order valence-electron chi connectivity index (χ0n) is 24.7. The highest BCUT2D eigenvalue weighted by molar-refractivity contribution is 5.98. The van der Waals surface area contributed by atoms with Gasteiger partial charge in [-0.15, -0.1) is 0 Å². The van der Waals surface area contributed by atoms with Gasteiger partial charge >= 0.3 is 5.97 Å². The maximum atomic E-state index is 13.3. The lowest BCUT2D eigenvalue weighted by Gasteiger charge is -2.24. The Kier molecular flexibility index (Phi) is 12.1. The van der Waals surface area contributed by atoms with E-state index in [4.69, 9.17) is 15.9 Å². The number of fused-ring (bicyclic) bond motifs is 1. The lowest BCUT2D eigenvalue weighted by Crippen LogP contribution is -2.55. The van der Waals surface area contributed by atoms with Gasteiger partial charge in [-0.25, -0.2) is 4.79 Å². The number of guanidine groups is 1. The van der Waals surface area contributed by atoms with Crippen LogP contribution in [0.1, 0.15) is 50.4 Å². The summed E-state index contributed by atoms with van der Waals surface area (Å²) in [6, 6.07) is 18.5. The number of esters is 1. The molecular formula is C32H40N6O5. The van der Waals surface area contributed by atoms with Crippen molar-refractivity contribution in [3.05, 3.63) is 78.4 Å². The first-order valence-corrected chi connectivity index (χ1v) is 14.3. The Balaban J connectivity index is 1.69. The van der Waals surface area contributed by atoms with Crippen LogP contribution in [0.3, 0.4) is 0 Å². The Morgan fingerprint density at radius 2 is 1.49 bits per heavy atom. The standard InChI is InChI=1S/C32H40N6O5/c1-20(2)19-26(38-29(40)23-12-5-4-6-13-23)30(41)36-21(3)28(39)37-25(16-10-18-35-32(33)34)31(42)43-27-17-9-14-22-11-7-8-15-24(22)27/h4-9,11-15,17,20-21,25-26H,10,16,18-19H2,1-3H3,(H,36,41)(H,37,39)(H,38,40)(H4,33,34,35)/t21?,25-,26-/m0/s1. The topological polar surface area (TPSA) is 176 Å². The summed E-state index contributed by atoms with van der Waals surface area (Å²) in [7, 11) is 0. The number of ether oxygens (including phenoxy) is 1. The van der Waals surface area contributed by atoms with Crippen molar-refractivity contribution in [2.75, 3.05) is 6.54 Å². The van der Waals surface area contributed by atoms with Crippen molar-refractivity contribution in [1.82, 2.24) is 21.3 Å². The van der Waals surface area contributed by atoms with Crippen LogP contribution in [0.5, 0.6) is 5.75 Å². The Morgan fingerprint density at radius 1 is 0.814 bits per heavy atom. The normalized spacial score (nSPS) is 12.9. The quantitative estimate of drug-likeness (QED) is 0.0552. The molecule has 228 valence electrons. The van der Waals surface area contributed by atoms with Gasteiger partial charge < -0.3 is 31.7 Å². The van der Waals surface area contributed by atoms with Crippen molar-refractivity contribution in [3.63, 3.8) is 0 Å². The van der Waals surface area contributed by atoms with Crippen molar-refractivity contribution in [1.29, 1.82) is 5.41 Å². The van der Waals surface area contributed by atoms with E-state index in [9.17, 15) is 19.2 Å². The second-order valence-electron chi connectivity index (χ2n) is 10.7. The van der Waals surface area contributed by atoms with Gasteiger partial charge in [-0.3, -0.25) is 19.8 Å². The number of carbonyl (C=O) groups excluding carboxylic acids is 4. The number of nitrogens with one attached hydrogen (secondary N) is 5. The van der Waals surface area contributed by atoms with Crippen LogP contribution < -0.4 is 31.7 Å². The molecule has 3 atom stereocenters. The second kappa shape index (κ2) is 15.9. The molecule has 0 saturated carbocycles. The summed E-state index contributed by atoms with van der Waals surface area (Å²) in [6.45, 7) is 5.67. The van der Waals surface area contributed by atoms with E-state index < -0.39 is 41.8 Å². The molecule has 3 aromatic carbocycles. The van der Waals surface area contributed by atoms with Crippen molar-refractivity contribution >= 4 is 40.4 Å². The third-order valence-corrected chi connectivity index (χ3v) is 6.66. The first-order valence-electron chi connectivity index (χ1n) is 14.3. The van der Waals surface area contributed by atoms with E-state index in [1.807, 2.05) is 44.2 Å². The molecule has 43 heavy (non-hydrogen) atoms. The summed E-state index contributed by atoms with van der Waals surface area (Å²) < 4.78 is 5.72. The van der Waals surface area contributed by atoms with Gasteiger partial charge in [0.05, 0.1) is 0 Å². The number of benzene rings is 3. The fourth-order valence-corrected chi connectivity index (χ4v) is 4.45. The highest BCUT2D eigenvalue weighted by Crippen LogP contribution is 2.25. The van der Waals surface area contributed by atoms with E-state index in [0.717, 1.165) is 10.8 Å².